The van der Waals surface area contributed by atoms with Crippen molar-refractivity contribution in [1.29, 1.82) is 0 Å². The van der Waals surface area contributed by atoms with Gasteiger partial charge in [0.25, 0.3) is 11.5 Å². The standard InChI is InChI=1S/C17H18F2N2O2.C14H24N2O5/c1-23-12-7-8-13-14(10-12)21-16(22)15(20-13)17(18,19)9-3-2-4-11-5-6-11;1-5-8-6-7-16(9(8)12(18)19)11(17)10(14(2,3)4)15-13(20)21/h2-3,7-8,10-11H,4-6,9H2,1H3,(H,21,22);8-10,15H,5-7H2,1-4H3,(H,18,19)(H,20,21)/b3-2+;/t;8-,9?,10-/m.1/s1. The van der Waals surface area contributed by atoms with Crippen molar-refractivity contribution in [3.8, 4) is 5.75 Å². The van der Waals surface area contributed by atoms with Gasteiger partial charge in [-0.1, -0.05) is 46.3 Å². The minimum atomic E-state index is -3.29. The molecule has 1 saturated carbocycles. The first kappa shape index (κ1) is 34.5. The highest BCUT2D eigenvalue weighted by molar-refractivity contribution is 5.90. The Morgan fingerprint density at radius 3 is 2.41 bits per heavy atom. The zero-order valence-electron chi connectivity index (χ0n) is 25.7. The number of nitrogens with zero attached hydrogens (tertiary/aromatic N) is 2. The first-order valence-corrected chi connectivity index (χ1v) is 14.7. The van der Waals surface area contributed by atoms with Crippen LogP contribution in [0.2, 0.25) is 0 Å². The second-order valence-electron chi connectivity index (χ2n) is 12.4. The molecule has 4 rings (SSSR count). The number of hydrogen-bond acceptors (Lipinski definition) is 6. The summed E-state index contributed by atoms with van der Waals surface area (Å²) in [6.45, 7) is 7.48. The topological polar surface area (TPSA) is 162 Å². The number of nitrogens with one attached hydrogen (secondary N) is 2. The quantitative estimate of drug-likeness (QED) is 0.265. The van der Waals surface area contributed by atoms with Crippen molar-refractivity contribution < 1.29 is 38.1 Å². The molecular formula is C31H42F2N4O7. The number of carboxylic acid groups (broad SMARTS) is 2. The fourth-order valence-electron chi connectivity index (χ4n) is 5.21. The second kappa shape index (κ2) is 14.2. The molecule has 13 heteroatoms. The van der Waals surface area contributed by atoms with Crippen LogP contribution in [0.3, 0.4) is 0 Å². The van der Waals surface area contributed by atoms with Crippen molar-refractivity contribution in [2.24, 2.45) is 17.3 Å². The van der Waals surface area contributed by atoms with Gasteiger partial charge in [-0.25, -0.2) is 14.6 Å². The van der Waals surface area contributed by atoms with Crippen LogP contribution in [0, 0.1) is 17.3 Å². The number of benzene rings is 1. The van der Waals surface area contributed by atoms with E-state index < -0.39 is 59.1 Å². The molecule has 0 bridgehead atoms. The maximum absolute atomic E-state index is 14.3. The van der Waals surface area contributed by atoms with Crippen molar-refractivity contribution in [3.05, 3.63) is 46.4 Å². The van der Waals surface area contributed by atoms with Gasteiger partial charge in [-0.3, -0.25) is 9.59 Å². The summed E-state index contributed by atoms with van der Waals surface area (Å²) in [6, 6.07) is 2.88. The Balaban J connectivity index is 0.000000242. The molecule has 1 aromatic heterocycles. The summed E-state index contributed by atoms with van der Waals surface area (Å²) < 4.78 is 33.6. The predicted octanol–water partition coefficient (Wildman–Crippen LogP) is 5.15. The number of hydrogen-bond donors (Lipinski definition) is 4. The molecule has 2 heterocycles. The molecule has 1 aliphatic heterocycles. The smallest absolute Gasteiger partial charge is 0.405 e. The Labute approximate surface area is 254 Å². The predicted molar refractivity (Wildman–Crippen MR) is 160 cm³/mol. The number of aromatic amines is 1. The van der Waals surface area contributed by atoms with Gasteiger partial charge in [-0.05, 0) is 55.1 Å². The van der Waals surface area contributed by atoms with Crippen LogP contribution in [-0.4, -0.2) is 68.8 Å². The average molecular weight is 621 g/mol. The normalized spacial score (nSPS) is 19.4. The van der Waals surface area contributed by atoms with Crippen LogP contribution in [0.4, 0.5) is 13.6 Å². The number of amides is 2. The van der Waals surface area contributed by atoms with E-state index >= 15 is 0 Å². The number of ether oxygens (including phenoxy) is 1. The molecule has 11 nitrogen and oxygen atoms in total. The van der Waals surface area contributed by atoms with Crippen LogP contribution in [0.15, 0.2) is 35.1 Å². The number of carbonyl (C=O) groups excluding carboxylic acids is 1. The number of alkyl halides is 2. The van der Waals surface area contributed by atoms with Crippen molar-refractivity contribution in [1.82, 2.24) is 20.2 Å². The summed E-state index contributed by atoms with van der Waals surface area (Å²) >= 11 is 0. The Morgan fingerprint density at radius 1 is 1.18 bits per heavy atom. The third-order valence-electron chi connectivity index (χ3n) is 7.92. The number of aromatic nitrogens is 2. The number of likely N-dealkylation sites (tertiary alicyclic amines) is 1. The summed E-state index contributed by atoms with van der Waals surface area (Å²) in [5, 5.41) is 20.5. The van der Waals surface area contributed by atoms with Crippen LogP contribution in [0.1, 0.15) is 71.9 Å². The van der Waals surface area contributed by atoms with E-state index in [4.69, 9.17) is 9.84 Å². The zero-order valence-corrected chi connectivity index (χ0v) is 25.7. The van der Waals surface area contributed by atoms with Crippen molar-refractivity contribution >= 4 is 29.0 Å². The molecule has 242 valence electrons. The van der Waals surface area contributed by atoms with Crippen molar-refractivity contribution in [2.45, 2.75) is 84.2 Å². The van der Waals surface area contributed by atoms with Gasteiger partial charge in [0.1, 0.15) is 17.8 Å². The Bertz CT molecular complexity index is 1430. The number of aliphatic carboxylic acids is 1. The maximum atomic E-state index is 14.3. The fraction of sp³-hybridized carbons (Fsp3) is 0.581. The summed E-state index contributed by atoms with van der Waals surface area (Å²) in [7, 11) is 1.49. The van der Waals surface area contributed by atoms with Crippen LogP contribution in [0.5, 0.6) is 5.75 Å². The number of carbonyl (C=O) groups is 3. The number of methoxy groups -OCH3 is 1. The summed E-state index contributed by atoms with van der Waals surface area (Å²) in [5.41, 5.74) is -1.57. The largest absolute Gasteiger partial charge is 0.497 e. The van der Waals surface area contributed by atoms with E-state index in [-0.39, 0.29) is 5.92 Å². The molecule has 3 atom stereocenters. The number of fused-ring (bicyclic) bond motifs is 1. The average Bonchev–Trinajstić information content (AvgIpc) is 3.67. The molecule has 1 aromatic carbocycles. The minimum absolute atomic E-state index is 0.0862. The van der Waals surface area contributed by atoms with Gasteiger partial charge in [0.05, 0.1) is 18.1 Å². The zero-order chi connectivity index (χ0) is 32.8. The molecule has 2 aromatic rings. The molecule has 1 aliphatic carbocycles. The minimum Gasteiger partial charge on any atom is -0.497 e. The van der Waals surface area contributed by atoms with E-state index in [2.05, 4.69) is 15.3 Å². The lowest BCUT2D eigenvalue weighted by Crippen LogP contribution is -2.57. The van der Waals surface area contributed by atoms with Crippen molar-refractivity contribution in [3.63, 3.8) is 0 Å². The second-order valence-corrected chi connectivity index (χ2v) is 12.4. The van der Waals surface area contributed by atoms with E-state index in [9.17, 15) is 33.1 Å². The van der Waals surface area contributed by atoms with E-state index in [0.717, 1.165) is 6.42 Å². The molecule has 2 fully saturated rings. The highest BCUT2D eigenvalue weighted by Gasteiger charge is 2.45. The van der Waals surface area contributed by atoms with Gasteiger partial charge >= 0.3 is 12.1 Å². The fourth-order valence-corrected chi connectivity index (χ4v) is 5.21. The monoisotopic (exact) mass is 620 g/mol. The number of halogens is 2. The first-order valence-electron chi connectivity index (χ1n) is 14.7. The van der Waals surface area contributed by atoms with E-state index in [1.54, 1.807) is 45.0 Å². The number of H-pyrrole nitrogens is 1. The molecule has 2 amide bonds. The van der Waals surface area contributed by atoms with Gasteiger partial charge < -0.3 is 30.2 Å². The highest BCUT2D eigenvalue weighted by atomic mass is 19.3. The van der Waals surface area contributed by atoms with E-state index in [0.29, 0.717) is 42.1 Å². The molecular weight excluding hydrogens is 578 g/mol. The first-order chi connectivity index (χ1) is 20.6. The maximum Gasteiger partial charge on any atom is 0.405 e. The molecule has 1 saturated heterocycles. The SMILES string of the molecule is CC[C@@H]1CCN(C(=O)[C@@H](NC(=O)O)C(C)(C)C)C1C(=O)O.COc1ccc2nc(C(F)(F)C/C=C/CC3CC3)c(=O)[nH]c2c1. The summed E-state index contributed by atoms with van der Waals surface area (Å²) in [5.74, 6) is -3.70. The van der Waals surface area contributed by atoms with Gasteiger partial charge in [-0.15, -0.1) is 0 Å². The third kappa shape index (κ3) is 8.76. The molecule has 44 heavy (non-hydrogen) atoms. The molecule has 1 unspecified atom stereocenters. The third-order valence-corrected chi connectivity index (χ3v) is 7.92. The summed E-state index contributed by atoms with van der Waals surface area (Å²) in [6.07, 6.45) is 5.89. The molecule has 4 N–H and O–H groups in total. The van der Waals surface area contributed by atoms with Gasteiger partial charge in [0.15, 0.2) is 5.69 Å². The number of rotatable bonds is 10. The van der Waals surface area contributed by atoms with E-state index in [1.807, 2.05) is 6.92 Å². The Morgan fingerprint density at radius 2 is 1.86 bits per heavy atom. The number of carboxylic acids is 1. The molecule has 2 aliphatic rings. The van der Waals surface area contributed by atoms with Gasteiger partial charge in [0, 0.05) is 19.0 Å². The summed E-state index contributed by atoms with van der Waals surface area (Å²) in [4.78, 5) is 54.6. The lowest BCUT2D eigenvalue weighted by Gasteiger charge is -2.34. The van der Waals surface area contributed by atoms with Crippen LogP contribution < -0.4 is 15.6 Å². The Kier molecular flexibility index (Phi) is 11.1. The van der Waals surface area contributed by atoms with Crippen LogP contribution in [0.25, 0.3) is 11.0 Å². The highest BCUT2D eigenvalue weighted by Crippen LogP contribution is 2.34. The lowest BCUT2D eigenvalue weighted by molar-refractivity contribution is -0.151. The van der Waals surface area contributed by atoms with E-state index in [1.165, 1.54) is 30.9 Å². The lowest BCUT2D eigenvalue weighted by atomic mass is 9.85. The van der Waals surface area contributed by atoms with Crippen LogP contribution in [-0.2, 0) is 15.5 Å². The van der Waals surface area contributed by atoms with Gasteiger partial charge in [0.2, 0.25) is 5.91 Å². The Hall–Kier alpha value is -4.03. The van der Waals surface area contributed by atoms with Gasteiger partial charge in [-0.2, -0.15) is 8.78 Å². The van der Waals surface area contributed by atoms with Crippen molar-refractivity contribution in [2.75, 3.05) is 13.7 Å². The number of allylic oxidation sites excluding steroid dienone is 2. The molecule has 0 spiro atoms. The molecule has 0 radical (unpaired) electrons. The van der Waals surface area contributed by atoms with Crippen LogP contribution >= 0.6 is 0 Å².